The Labute approximate surface area is 263 Å². The zero-order valence-electron chi connectivity index (χ0n) is 21.1. The van der Waals surface area contributed by atoms with E-state index in [1.54, 1.807) is 34.8 Å². The molecule has 4 aromatic carbocycles. The summed E-state index contributed by atoms with van der Waals surface area (Å²) in [4.78, 5) is 50.2. The predicted molar refractivity (Wildman–Crippen MR) is 181 cm³/mol. The maximum absolute atomic E-state index is 12.4. The summed E-state index contributed by atoms with van der Waals surface area (Å²) in [6, 6.07) is 18.3. The van der Waals surface area contributed by atoms with Crippen LogP contribution in [-0.4, -0.2) is 10.5 Å². The lowest BCUT2D eigenvalue weighted by Crippen LogP contribution is -2.00. The van der Waals surface area contributed by atoms with Crippen molar-refractivity contribution in [1.29, 1.82) is 0 Å². The zero-order valence-corrected chi connectivity index (χ0v) is 25.9. The van der Waals surface area contributed by atoms with Crippen LogP contribution in [0.3, 0.4) is 0 Å². The first-order valence-corrected chi connectivity index (χ1v) is 16.7. The minimum absolute atomic E-state index is 0.0801. The van der Waals surface area contributed by atoms with E-state index in [1.165, 1.54) is 22.7 Å². The third kappa shape index (κ3) is 4.38. The molecule has 0 fully saturated rings. The Balaban J connectivity index is 0.000000137. The fourth-order valence-corrected chi connectivity index (χ4v) is 8.90. The molecule has 8 aromatic rings. The molecule has 0 saturated heterocycles. The molecule has 4 nitrogen and oxygen atoms in total. The Morgan fingerprint density at radius 2 is 0.929 bits per heavy atom. The molecule has 0 unspecified atom stereocenters. The van der Waals surface area contributed by atoms with Crippen LogP contribution in [0, 0.1) is 0 Å². The Bertz CT molecular complexity index is 2230. The molecule has 42 heavy (non-hydrogen) atoms. The highest BCUT2D eigenvalue weighted by Gasteiger charge is 2.21. The summed E-state index contributed by atoms with van der Waals surface area (Å²) < 4.78 is 1.99. The minimum Gasteiger partial charge on any atom is -0.289 e. The first kappa shape index (κ1) is 27.3. The molecule has 204 valence electrons. The highest BCUT2D eigenvalue weighted by Crippen LogP contribution is 2.38. The van der Waals surface area contributed by atoms with Crippen molar-refractivity contribution in [3.05, 3.63) is 114 Å². The molecule has 0 atom stereocenters. The van der Waals surface area contributed by atoms with Gasteiger partial charge in [-0.2, -0.15) is 0 Å². The van der Waals surface area contributed by atoms with Gasteiger partial charge in [-0.3, -0.25) is 19.2 Å². The van der Waals surface area contributed by atoms with Crippen molar-refractivity contribution < 1.29 is 9.59 Å². The van der Waals surface area contributed by atoms with Crippen molar-refractivity contribution in [1.82, 2.24) is 0 Å². The number of carbonyl (C=O) groups is 2. The van der Waals surface area contributed by atoms with Crippen molar-refractivity contribution in [2.45, 2.75) is 0 Å². The second kappa shape index (κ2) is 10.6. The van der Waals surface area contributed by atoms with E-state index < -0.39 is 10.5 Å². The summed E-state index contributed by atoms with van der Waals surface area (Å²) in [6.07, 6.45) is 0. The number of halogens is 2. The quantitative estimate of drug-likeness (QED) is 0.176. The van der Waals surface area contributed by atoms with Crippen LogP contribution >= 0.6 is 68.5 Å². The molecule has 0 aliphatic heterocycles. The number of thiophene rings is 4. The highest BCUT2D eigenvalue weighted by atomic mass is 35.5. The maximum Gasteiger partial charge on any atom is 0.253 e. The maximum atomic E-state index is 12.4. The van der Waals surface area contributed by atoms with Crippen LogP contribution in [0.2, 0.25) is 0 Å². The second-order valence-electron chi connectivity index (χ2n) is 9.37. The van der Waals surface area contributed by atoms with Gasteiger partial charge < -0.3 is 0 Å². The van der Waals surface area contributed by atoms with Gasteiger partial charge in [0.1, 0.15) is 0 Å². The van der Waals surface area contributed by atoms with E-state index in [9.17, 15) is 19.2 Å². The third-order valence-corrected chi connectivity index (χ3v) is 11.2. The molecule has 8 rings (SSSR count). The molecule has 0 spiro atoms. The average molecular weight is 662 g/mol. The van der Waals surface area contributed by atoms with Gasteiger partial charge in [0.2, 0.25) is 0 Å². The third-order valence-electron chi connectivity index (χ3n) is 7.11. The molecule has 0 N–H and O–H groups in total. The summed E-state index contributed by atoms with van der Waals surface area (Å²) in [5.74, 6) is 0. The molecule has 0 bridgehead atoms. The van der Waals surface area contributed by atoms with Crippen LogP contribution in [0.15, 0.2) is 91.8 Å². The van der Waals surface area contributed by atoms with Crippen LogP contribution in [0.5, 0.6) is 0 Å². The van der Waals surface area contributed by atoms with Crippen LogP contribution in [0.1, 0.15) is 20.7 Å². The normalized spacial score (nSPS) is 11.5. The molecule has 4 heterocycles. The summed E-state index contributed by atoms with van der Waals surface area (Å²) in [5.41, 5.74) is 2.15. The Hall–Kier alpha value is -3.50. The van der Waals surface area contributed by atoms with Crippen molar-refractivity contribution in [2.24, 2.45) is 0 Å². The lowest BCUT2D eigenvalue weighted by Gasteiger charge is -2.11. The Kier molecular flexibility index (Phi) is 6.93. The largest absolute Gasteiger partial charge is 0.289 e. The van der Waals surface area contributed by atoms with E-state index in [-0.39, 0.29) is 10.9 Å². The van der Waals surface area contributed by atoms with E-state index in [1.807, 2.05) is 70.1 Å². The fourth-order valence-electron chi connectivity index (χ4n) is 5.23. The average Bonchev–Trinajstić information content (AvgIpc) is 3.83. The van der Waals surface area contributed by atoms with Crippen LogP contribution in [0.25, 0.3) is 62.6 Å². The van der Waals surface area contributed by atoms with Crippen molar-refractivity contribution in [3.8, 4) is 20.9 Å². The first-order chi connectivity index (χ1) is 20.3. The second-order valence-corrected chi connectivity index (χ2v) is 13.8. The number of hydrogen-bond donors (Lipinski definition) is 0. The monoisotopic (exact) mass is 660 g/mol. The summed E-state index contributed by atoms with van der Waals surface area (Å²) in [5, 5.41) is 11.4. The molecular weight excluding hydrogens is 648 g/mol. The predicted octanol–water partition coefficient (Wildman–Crippen LogP) is 9.92. The van der Waals surface area contributed by atoms with Gasteiger partial charge >= 0.3 is 0 Å². The summed E-state index contributed by atoms with van der Waals surface area (Å²) in [6.45, 7) is 0. The zero-order chi connectivity index (χ0) is 29.1. The highest BCUT2D eigenvalue weighted by molar-refractivity contribution is 7.19. The van der Waals surface area contributed by atoms with Gasteiger partial charge in [-0.25, -0.2) is 0 Å². The van der Waals surface area contributed by atoms with Crippen LogP contribution < -0.4 is 10.9 Å². The molecule has 0 saturated carbocycles. The first-order valence-electron chi connectivity index (χ1n) is 12.4. The van der Waals surface area contributed by atoms with Gasteiger partial charge in [-0.1, -0.05) is 12.1 Å². The standard InChI is InChI=1S/C16H8Cl2O2S2.C16H6O2S2/c17-15(19)11-8-10(14-4-2-6-22-14)12(16(18)20)7-9(11)13-3-1-5-21-13;17-13-7-1-3-19-15(7)11-6-10-12(5-9(11)13)16-8(14(10)18)2-4-20-16/h1-8H;1-6H. The van der Waals surface area contributed by atoms with Gasteiger partial charge in [0.15, 0.2) is 10.9 Å². The number of carbonyl (C=O) groups excluding carboxylic acids is 2. The molecule has 10 heteroatoms. The molecule has 4 aromatic heterocycles. The number of fused-ring (bicyclic) bond motifs is 6. The van der Waals surface area contributed by atoms with Crippen molar-refractivity contribution >= 4 is 121 Å². The molecule has 0 aliphatic rings. The van der Waals surface area contributed by atoms with Crippen LogP contribution in [-0.2, 0) is 0 Å². The van der Waals surface area contributed by atoms with Crippen molar-refractivity contribution in [2.75, 3.05) is 0 Å². The summed E-state index contributed by atoms with van der Waals surface area (Å²) in [7, 11) is 0. The number of benzene rings is 2. The Morgan fingerprint density at radius 3 is 1.29 bits per heavy atom. The van der Waals surface area contributed by atoms with Gasteiger partial charge in [0.25, 0.3) is 10.5 Å². The summed E-state index contributed by atoms with van der Waals surface area (Å²) >= 11 is 17.5. The van der Waals surface area contributed by atoms with Gasteiger partial charge in [-0.15, -0.1) is 45.3 Å². The molecule has 0 amide bonds. The van der Waals surface area contributed by atoms with Crippen LogP contribution in [0.4, 0.5) is 0 Å². The van der Waals surface area contributed by atoms with Crippen molar-refractivity contribution in [3.63, 3.8) is 0 Å². The van der Waals surface area contributed by atoms with Gasteiger partial charge in [0.05, 0.1) is 0 Å². The molecule has 0 radical (unpaired) electrons. The Morgan fingerprint density at radius 1 is 0.500 bits per heavy atom. The fraction of sp³-hybridized carbons (Fsp3) is 0. The lowest BCUT2D eigenvalue weighted by molar-refractivity contribution is 0.107. The number of hydrogen-bond acceptors (Lipinski definition) is 8. The lowest BCUT2D eigenvalue weighted by atomic mass is 9.97. The van der Waals surface area contributed by atoms with E-state index in [0.717, 1.165) is 51.5 Å². The van der Waals surface area contributed by atoms with E-state index in [0.29, 0.717) is 22.3 Å². The SMILES string of the molecule is O=C(Cl)c1cc(-c2cccs2)c(C(=O)Cl)cc1-c1cccs1.O=c1c2cc3c(cc2c2sccc12)c(=O)c1ccsc13. The van der Waals surface area contributed by atoms with E-state index >= 15 is 0 Å². The molecular formula is C32H14Cl2O4S4. The molecule has 0 aliphatic carbocycles. The van der Waals surface area contributed by atoms with E-state index in [2.05, 4.69) is 0 Å². The van der Waals surface area contributed by atoms with Gasteiger partial charge in [-0.05, 0) is 93.3 Å². The van der Waals surface area contributed by atoms with Gasteiger partial charge in [0, 0.05) is 73.7 Å². The number of rotatable bonds is 4. The van der Waals surface area contributed by atoms with E-state index in [4.69, 9.17) is 23.2 Å². The topological polar surface area (TPSA) is 68.3 Å². The minimum atomic E-state index is -0.560. The smallest absolute Gasteiger partial charge is 0.253 e.